The van der Waals surface area contributed by atoms with E-state index in [0.29, 0.717) is 5.92 Å². The third-order valence-corrected chi connectivity index (χ3v) is 2.82. The molecular weight excluding hydrogens is 146 g/mol. The summed E-state index contributed by atoms with van der Waals surface area (Å²) in [6.07, 6.45) is 2.53. The van der Waals surface area contributed by atoms with Crippen molar-refractivity contribution in [1.29, 1.82) is 0 Å². The topological polar surface area (TPSA) is 26.0 Å². The molecule has 1 atom stereocenters. The number of aryl methyl sites for hydroxylation is 2. The van der Waals surface area contributed by atoms with E-state index in [9.17, 15) is 0 Å². The van der Waals surface area contributed by atoms with Gasteiger partial charge in [0.15, 0.2) is 0 Å². The maximum Gasteiger partial charge on any atom is -0.00109 e. The molecule has 2 rings (SSSR count). The molecule has 0 amide bonds. The molecule has 0 bridgehead atoms. The third kappa shape index (κ3) is 1.14. The molecule has 12 heavy (non-hydrogen) atoms. The molecular formula is C11H15N. The van der Waals surface area contributed by atoms with Crippen LogP contribution in [0.5, 0.6) is 0 Å². The number of fused-ring (bicyclic) bond motifs is 1. The molecule has 0 saturated carbocycles. The second kappa shape index (κ2) is 2.91. The summed E-state index contributed by atoms with van der Waals surface area (Å²) in [6, 6.07) is 6.78. The van der Waals surface area contributed by atoms with Crippen LogP contribution in [0.3, 0.4) is 0 Å². The van der Waals surface area contributed by atoms with Crippen molar-refractivity contribution in [2.75, 3.05) is 6.54 Å². The van der Waals surface area contributed by atoms with Crippen molar-refractivity contribution in [2.45, 2.75) is 25.7 Å². The van der Waals surface area contributed by atoms with Gasteiger partial charge in [-0.25, -0.2) is 0 Å². The van der Waals surface area contributed by atoms with Gasteiger partial charge in [-0.3, -0.25) is 0 Å². The Morgan fingerprint density at radius 2 is 2.08 bits per heavy atom. The summed E-state index contributed by atoms with van der Waals surface area (Å²) in [7, 11) is 0. The fraction of sp³-hybridized carbons (Fsp3) is 0.455. The highest BCUT2D eigenvalue weighted by atomic mass is 14.5. The van der Waals surface area contributed by atoms with Crippen molar-refractivity contribution in [3.8, 4) is 0 Å². The molecule has 1 nitrogen and oxygen atoms in total. The molecule has 1 aromatic carbocycles. The smallest absolute Gasteiger partial charge is 0.00109 e. The number of nitrogens with two attached hydrogens (primary N) is 1. The van der Waals surface area contributed by atoms with E-state index in [1.807, 2.05) is 0 Å². The Morgan fingerprint density at radius 3 is 2.58 bits per heavy atom. The number of hydrogen-bond acceptors (Lipinski definition) is 1. The summed E-state index contributed by atoms with van der Waals surface area (Å²) in [4.78, 5) is 0. The van der Waals surface area contributed by atoms with Gasteiger partial charge in [-0.05, 0) is 42.0 Å². The molecule has 0 spiro atoms. The zero-order chi connectivity index (χ0) is 8.55. The Balaban J connectivity index is 2.28. The molecule has 1 aromatic rings. The molecule has 0 aromatic heterocycles. The summed E-state index contributed by atoms with van der Waals surface area (Å²) >= 11 is 0. The first-order valence-electron chi connectivity index (χ1n) is 4.63. The molecule has 0 fully saturated rings. The van der Waals surface area contributed by atoms with Crippen LogP contribution in [0.25, 0.3) is 0 Å². The first-order chi connectivity index (χ1) is 5.81. The van der Waals surface area contributed by atoms with Crippen molar-refractivity contribution in [3.05, 3.63) is 34.9 Å². The van der Waals surface area contributed by atoms with Crippen LogP contribution in [-0.2, 0) is 12.8 Å². The summed E-state index contributed by atoms with van der Waals surface area (Å²) < 4.78 is 0. The van der Waals surface area contributed by atoms with Crippen LogP contribution < -0.4 is 5.73 Å². The van der Waals surface area contributed by atoms with E-state index in [2.05, 4.69) is 25.1 Å². The summed E-state index contributed by atoms with van der Waals surface area (Å²) in [5.41, 5.74) is 10.1. The van der Waals surface area contributed by atoms with Gasteiger partial charge in [0.1, 0.15) is 0 Å². The lowest BCUT2D eigenvalue weighted by molar-refractivity contribution is 0.759. The van der Waals surface area contributed by atoms with Gasteiger partial charge in [0, 0.05) is 0 Å². The van der Waals surface area contributed by atoms with E-state index >= 15 is 0 Å². The zero-order valence-electron chi connectivity index (χ0n) is 7.51. The lowest BCUT2D eigenvalue weighted by Gasteiger charge is -2.21. The number of benzene rings is 1. The van der Waals surface area contributed by atoms with Gasteiger partial charge in [-0.2, -0.15) is 0 Å². The Kier molecular flexibility index (Phi) is 1.89. The van der Waals surface area contributed by atoms with Crippen LogP contribution in [0.15, 0.2) is 18.2 Å². The van der Waals surface area contributed by atoms with Crippen molar-refractivity contribution < 1.29 is 0 Å². The van der Waals surface area contributed by atoms with Crippen LogP contribution in [0.2, 0.25) is 0 Å². The van der Waals surface area contributed by atoms with Crippen molar-refractivity contribution in [1.82, 2.24) is 0 Å². The summed E-state index contributed by atoms with van der Waals surface area (Å²) in [6.45, 7) is 2.93. The number of hydrogen-bond donors (Lipinski definition) is 1. The van der Waals surface area contributed by atoms with E-state index in [0.717, 1.165) is 6.54 Å². The quantitative estimate of drug-likeness (QED) is 0.703. The molecule has 64 valence electrons. The molecule has 0 radical (unpaired) electrons. The first-order valence-corrected chi connectivity index (χ1v) is 4.63. The van der Waals surface area contributed by atoms with Gasteiger partial charge in [0.2, 0.25) is 0 Å². The predicted molar refractivity (Wildman–Crippen MR) is 51.3 cm³/mol. The van der Waals surface area contributed by atoms with E-state index in [4.69, 9.17) is 5.73 Å². The van der Waals surface area contributed by atoms with E-state index in [1.165, 1.54) is 29.5 Å². The molecule has 0 saturated heterocycles. The van der Waals surface area contributed by atoms with Crippen LogP contribution in [0.4, 0.5) is 0 Å². The van der Waals surface area contributed by atoms with Crippen molar-refractivity contribution in [2.24, 2.45) is 5.73 Å². The van der Waals surface area contributed by atoms with Crippen molar-refractivity contribution >= 4 is 0 Å². The summed E-state index contributed by atoms with van der Waals surface area (Å²) in [5.74, 6) is 0.510. The molecule has 1 aliphatic carbocycles. The zero-order valence-corrected chi connectivity index (χ0v) is 7.51. The third-order valence-electron chi connectivity index (χ3n) is 2.82. The van der Waals surface area contributed by atoms with E-state index < -0.39 is 0 Å². The Labute approximate surface area is 73.6 Å². The molecule has 1 aliphatic rings. The van der Waals surface area contributed by atoms with Crippen LogP contribution >= 0.6 is 0 Å². The lowest BCUT2D eigenvalue weighted by atomic mass is 9.85. The van der Waals surface area contributed by atoms with Crippen LogP contribution in [0.1, 0.15) is 29.5 Å². The Bertz CT molecular complexity index is 291. The van der Waals surface area contributed by atoms with Crippen molar-refractivity contribution in [3.63, 3.8) is 0 Å². The Hall–Kier alpha value is -0.820. The van der Waals surface area contributed by atoms with Gasteiger partial charge < -0.3 is 5.73 Å². The largest absolute Gasteiger partial charge is 0.330 e. The van der Waals surface area contributed by atoms with E-state index in [-0.39, 0.29) is 0 Å². The van der Waals surface area contributed by atoms with Crippen LogP contribution in [0, 0.1) is 0 Å². The lowest BCUT2D eigenvalue weighted by Crippen LogP contribution is -2.13. The van der Waals surface area contributed by atoms with E-state index in [1.54, 1.807) is 0 Å². The van der Waals surface area contributed by atoms with Gasteiger partial charge in [-0.1, -0.05) is 25.1 Å². The minimum atomic E-state index is 0.510. The maximum absolute atomic E-state index is 5.61. The second-order valence-electron chi connectivity index (χ2n) is 3.66. The minimum absolute atomic E-state index is 0.510. The molecule has 1 unspecified atom stereocenters. The molecule has 2 N–H and O–H groups in total. The molecule has 1 heteroatoms. The average molecular weight is 161 g/mol. The second-order valence-corrected chi connectivity index (χ2v) is 3.66. The first kappa shape index (κ1) is 7.81. The van der Waals surface area contributed by atoms with Gasteiger partial charge >= 0.3 is 0 Å². The monoisotopic (exact) mass is 161 g/mol. The molecule has 0 aliphatic heterocycles. The SMILES string of the molecule is CC(CN)c1ccc2c(c1)CC2. The minimum Gasteiger partial charge on any atom is -0.330 e. The fourth-order valence-electron chi connectivity index (χ4n) is 1.66. The summed E-state index contributed by atoms with van der Waals surface area (Å²) in [5, 5.41) is 0. The fourth-order valence-corrected chi connectivity index (χ4v) is 1.66. The van der Waals surface area contributed by atoms with Gasteiger partial charge in [-0.15, -0.1) is 0 Å². The van der Waals surface area contributed by atoms with Gasteiger partial charge in [0.05, 0.1) is 0 Å². The predicted octanol–water partition coefficient (Wildman–Crippen LogP) is 1.85. The number of rotatable bonds is 2. The normalized spacial score (nSPS) is 16.5. The highest BCUT2D eigenvalue weighted by Crippen LogP contribution is 2.26. The molecule has 0 heterocycles. The van der Waals surface area contributed by atoms with Gasteiger partial charge in [0.25, 0.3) is 0 Å². The highest BCUT2D eigenvalue weighted by molar-refractivity contribution is 5.39. The average Bonchev–Trinajstić information content (AvgIpc) is 2.06. The van der Waals surface area contributed by atoms with Crippen LogP contribution in [-0.4, -0.2) is 6.54 Å². The Morgan fingerprint density at radius 1 is 1.33 bits per heavy atom. The maximum atomic E-state index is 5.61. The standard InChI is InChI=1S/C11H15N/c1-8(7-12)10-4-2-9-3-5-11(9)6-10/h2,4,6,8H,3,5,7,12H2,1H3. The highest BCUT2D eigenvalue weighted by Gasteiger charge is 2.14.